The Morgan fingerprint density at radius 2 is 1.81 bits per heavy atom. The number of hydrogen-bond donors (Lipinski definition) is 3. The van der Waals surface area contributed by atoms with E-state index in [-0.39, 0.29) is 17.8 Å². The second-order valence-electron chi connectivity index (χ2n) is 11.4. The summed E-state index contributed by atoms with van der Waals surface area (Å²) in [6.45, 7) is 15.0. The van der Waals surface area contributed by atoms with E-state index in [1.165, 1.54) is 31.3 Å². The second-order valence-corrected chi connectivity index (χ2v) is 11.4. The van der Waals surface area contributed by atoms with Gasteiger partial charge in [-0.25, -0.2) is 0 Å². The fourth-order valence-corrected chi connectivity index (χ4v) is 6.23. The van der Waals surface area contributed by atoms with E-state index < -0.39 is 11.4 Å². The summed E-state index contributed by atoms with van der Waals surface area (Å²) in [7, 11) is 0. The molecule has 3 N–H and O–H groups in total. The Hall–Kier alpha value is -1.16. The third-order valence-corrected chi connectivity index (χ3v) is 8.83. The molecular weight excluding hydrogens is 384 g/mol. The summed E-state index contributed by atoms with van der Waals surface area (Å²) >= 11 is 0. The number of rotatable bonds is 5. The summed E-state index contributed by atoms with van der Waals surface area (Å²) in [5, 5.41) is 30.7. The smallest absolute Gasteiger partial charge is 0.166 e. The second kappa shape index (κ2) is 9.00. The highest BCUT2D eigenvalue weighted by Crippen LogP contribution is 2.59. The Balaban J connectivity index is 1.78. The quantitative estimate of drug-likeness (QED) is 0.367. The van der Waals surface area contributed by atoms with E-state index in [9.17, 15) is 15.3 Å². The third-order valence-electron chi connectivity index (χ3n) is 8.83. The van der Waals surface area contributed by atoms with Crippen LogP contribution in [0.4, 0.5) is 0 Å². The molecule has 3 rings (SSSR count). The molecule has 3 saturated carbocycles. The molecule has 0 aromatic carbocycles. The molecule has 0 spiro atoms. The first-order chi connectivity index (χ1) is 14.4. The van der Waals surface area contributed by atoms with Crippen molar-refractivity contribution >= 4 is 0 Å². The first-order valence-corrected chi connectivity index (χ1v) is 12.3. The largest absolute Gasteiger partial charge is 0.386 e. The average Bonchev–Trinajstić information content (AvgIpc) is 3.04. The van der Waals surface area contributed by atoms with Crippen LogP contribution >= 0.6 is 0 Å². The Morgan fingerprint density at radius 3 is 2.48 bits per heavy atom. The first kappa shape index (κ1) is 24.5. The number of fused-ring (bicyclic) bond motifs is 1. The molecule has 3 nitrogen and oxygen atoms in total. The lowest BCUT2D eigenvalue weighted by Gasteiger charge is -2.44. The van der Waals surface area contributed by atoms with Gasteiger partial charge in [0.1, 0.15) is 0 Å². The molecule has 0 bridgehead atoms. The van der Waals surface area contributed by atoms with E-state index in [2.05, 4.69) is 52.5 Å². The van der Waals surface area contributed by atoms with Crippen LogP contribution in [0.25, 0.3) is 0 Å². The van der Waals surface area contributed by atoms with E-state index in [0.717, 1.165) is 17.6 Å². The molecule has 0 heterocycles. The van der Waals surface area contributed by atoms with Crippen LogP contribution in [0.1, 0.15) is 86.0 Å². The molecule has 3 aliphatic carbocycles. The zero-order valence-corrected chi connectivity index (χ0v) is 20.3. The summed E-state index contributed by atoms with van der Waals surface area (Å²) < 4.78 is 0. The summed E-state index contributed by atoms with van der Waals surface area (Å²) in [5.74, 6) is 0.269. The van der Waals surface area contributed by atoms with Gasteiger partial charge in [0.2, 0.25) is 0 Å². The minimum absolute atomic E-state index is 0.200. The van der Waals surface area contributed by atoms with Gasteiger partial charge in [-0.1, -0.05) is 69.7 Å². The van der Waals surface area contributed by atoms with Crippen molar-refractivity contribution in [2.24, 2.45) is 29.1 Å². The van der Waals surface area contributed by atoms with E-state index in [1.54, 1.807) is 0 Å². The van der Waals surface area contributed by atoms with Gasteiger partial charge < -0.3 is 15.3 Å². The fourth-order valence-electron chi connectivity index (χ4n) is 6.23. The van der Waals surface area contributed by atoms with Crippen molar-refractivity contribution in [3.63, 3.8) is 0 Å². The molecule has 0 aliphatic heterocycles. The molecule has 31 heavy (non-hydrogen) atoms. The van der Waals surface area contributed by atoms with Crippen molar-refractivity contribution in [3.05, 3.63) is 47.6 Å². The Bertz CT molecular complexity index is 767. The van der Waals surface area contributed by atoms with Gasteiger partial charge in [-0.2, -0.15) is 0 Å². The highest BCUT2D eigenvalue weighted by molar-refractivity contribution is 5.37. The van der Waals surface area contributed by atoms with Gasteiger partial charge in [0.05, 0.1) is 5.60 Å². The molecule has 1 unspecified atom stereocenters. The lowest BCUT2D eigenvalue weighted by molar-refractivity contribution is -0.166. The minimum Gasteiger partial charge on any atom is -0.386 e. The summed E-state index contributed by atoms with van der Waals surface area (Å²) in [6, 6.07) is 0. The Labute approximate surface area is 189 Å². The molecule has 0 aromatic heterocycles. The number of aliphatic hydroxyl groups is 3. The predicted octanol–water partition coefficient (Wildman–Crippen LogP) is 6.08. The molecule has 3 fully saturated rings. The van der Waals surface area contributed by atoms with Crippen LogP contribution in [0.2, 0.25) is 0 Å². The van der Waals surface area contributed by atoms with Crippen molar-refractivity contribution in [1.82, 2.24) is 0 Å². The molecule has 3 aliphatic rings. The average molecular weight is 429 g/mol. The highest BCUT2D eigenvalue weighted by atomic mass is 16.5. The van der Waals surface area contributed by atoms with E-state index >= 15 is 0 Å². The summed E-state index contributed by atoms with van der Waals surface area (Å²) in [6.07, 6.45) is 16.0. The van der Waals surface area contributed by atoms with Gasteiger partial charge in [-0.05, 0) is 80.1 Å². The van der Waals surface area contributed by atoms with Crippen molar-refractivity contribution in [1.29, 1.82) is 0 Å². The van der Waals surface area contributed by atoms with E-state index in [4.69, 9.17) is 0 Å². The van der Waals surface area contributed by atoms with Gasteiger partial charge in [-0.15, -0.1) is 0 Å². The topological polar surface area (TPSA) is 60.7 Å². The monoisotopic (exact) mass is 428 g/mol. The number of allylic oxidation sites excluding steroid dienone is 5. The van der Waals surface area contributed by atoms with Gasteiger partial charge in [-0.3, -0.25) is 0 Å². The highest BCUT2D eigenvalue weighted by Gasteiger charge is 2.50. The van der Waals surface area contributed by atoms with Crippen molar-refractivity contribution < 1.29 is 15.3 Å². The maximum atomic E-state index is 10.6. The zero-order valence-electron chi connectivity index (χ0n) is 20.3. The lowest BCUT2D eigenvalue weighted by atomic mass is 9.61. The molecule has 3 heteroatoms. The minimum atomic E-state index is -1.59. The molecule has 0 amide bonds. The van der Waals surface area contributed by atoms with E-state index in [1.807, 2.05) is 13.0 Å². The van der Waals surface area contributed by atoms with Gasteiger partial charge in [0, 0.05) is 12.8 Å². The fraction of sp³-hybridized carbons (Fsp3) is 0.714. The van der Waals surface area contributed by atoms with Crippen LogP contribution in [-0.4, -0.2) is 26.7 Å². The molecule has 0 saturated heterocycles. The van der Waals surface area contributed by atoms with Gasteiger partial charge in [0.25, 0.3) is 0 Å². The van der Waals surface area contributed by atoms with Crippen molar-refractivity contribution in [2.75, 3.05) is 0 Å². The Morgan fingerprint density at radius 1 is 1.10 bits per heavy atom. The van der Waals surface area contributed by atoms with Crippen LogP contribution in [-0.2, 0) is 0 Å². The lowest BCUT2D eigenvalue weighted by Crippen LogP contribution is -2.36. The molecule has 5 atom stereocenters. The maximum absolute atomic E-state index is 10.6. The maximum Gasteiger partial charge on any atom is 0.166 e. The van der Waals surface area contributed by atoms with Gasteiger partial charge >= 0.3 is 0 Å². The molecule has 0 aromatic rings. The Kier molecular flexibility index (Phi) is 7.11. The van der Waals surface area contributed by atoms with Crippen LogP contribution in [0.5, 0.6) is 0 Å². The SMILES string of the molecule is C=C1CCC(O)(O)C/C1=C/C=C1\CCC[C@@]2(C)C1CC[C@@H]2[C@H](C)/C=C/[C@@](C)(O)C(C)C. The summed E-state index contributed by atoms with van der Waals surface area (Å²) in [4.78, 5) is 0. The summed E-state index contributed by atoms with van der Waals surface area (Å²) in [5.41, 5.74) is 3.08. The van der Waals surface area contributed by atoms with Crippen molar-refractivity contribution in [2.45, 2.75) is 97.4 Å². The predicted molar refractivity (Wildman–Crippen MR) is 128 cm³/mol. The van der Waals surface area contributed by atoms with Crippen LogP contribution in [0.3, 0.4) is 0 Å². The van der Waals surface area contributed by atoms with Crippen LogP contribution in [0.15, 0.2) is 47.6 Å². The van der Waals surface area contributed by atoms with Gasteiger partial charge in [0.15, 0.2) is 5.79 Å². The van der Waals surface area contributed by atoms with Crippen LogP contribution in [0, 0.1) is 29.1 Å². The zero-order chi connectivity index (χ0) is 23.0. The molecular formula is C28H44O3. The normalized spacial score (nSPS) is 36.9. The first-order valence-electron chi connectivity index (χ1n) is 12.3. The number of hydrogen-bond acceptors (Lipinski definition) is 3. The molecule has 0 radical (unpaired) electrons. The third kappa shape index (κ3) is 5.26. The van der Waals surface area contributed by atoms with E-state index in [0.29, 0.717) is 30.6 Å². The molecule has 174 valence electrons. The standard InChI is InChI=1S/C28H44O3/c1-19(2)27(6,29)16-13-21(4)24-11-12-25-22(8-7-15-26(24,25)5)9-10-23-18-28(30,31)17-14-20(23)3/h9-10,13,16,19,21,24-25,29-31H,3,7-8,11-12,14-15,17-18H2,1-2,4-6H3/b16-13+,22-9+,23-10-/t21-,24-,25?,26-,27-/m1/s1. The van der Waals surface area contributed by atoms with Crippen molar-refractivity contribution in [3.8, 4) is 0 Å². The van der Waals surface area contributed by atoms with Crippen LogP contribution < -0.4 is 0 Å².